The minimum absolute atomic E-state index is 0.00458. The molecule has 28 heavy (non-hydrogen) atoms. The average molecular weight is 399 g/mol. The predicted molar refractivity (Wildman–Crippen MR) is 110 cm³/mol. The van der Waals surface area contributed by atoms with Gasteiger partial charge < -0.3 is 9.47 Å². The van der Waals surface area contributed by atoms with Crippen LogP contribution in [0.5, 0.6) is 0 Å². The largest absolute Gasteiger partial charge is 0.348 e. The minimum Gasteiger partial charge on any atom is -0.348 e. The van der Waals surface area contributed by atoms with E-state index in [-0.39, 0.29) is 17.0 Å². The highest BCUT2D eigenvalue weighted by atomic mass is 32.2. The fourth-order valence-electron chi connectivity index (χ4n) is 2.88. The number of aryl methyl sites for hydroxylation is 1. The van der Waals surface area contributed by atoms with E-state index in [1.165, 1.54) is 23.4 Å². The first-order valence-electron chi connectivity index (χ1n) is 9.07. The van der Waals surface area contributed by atoms with Crippen molar-refractivity contribution < 1.29 is 9.18 Å². The van der Waals surface area contributed by atoms with E-state index in [0.717, 1.165) is 6.42 Å². The van der Waals surface area contributed by atoms with E-state index in [1.807, 2.05) is 29.7 Å². The third kappa shape index (κ3) is 4.59. The van der Waals surface area contributed by atoms with Gasteiger partial charge in [-0.25, -0.2) is 4.39 Å². The summed E-state index contributed by atoms with van der Waals surface area (Å²) in [5.74, 6) is 0.126. The van der Waals surface area contributed by atoms with Gasteiger partial charge in [0.15, 0.2) is 11.0 Å². The van der Waals surface area contributed by atoms with Crippen LogP contribution in [0.15, 0.2) is 59.8 Å². The highest BCUT2D eigenvalue weighted by Crippen LogP contribution is 2.29. The van der Waals surface area contributed by atoms with Gasteiger partial charge in [-0.3, -0.25) is 4.79 Å². The molecule has 2 aromatic carbocycles. The number of hydrogen-bond donors (Lipinski definition) is 0. The van der Waals surface area contributed by atoms with Crippen molar-refractivity contribution in [2.75, 3.05) is 14.1 Å². The lowest BCUT2D eigenvalue weighted by Crippen LogP contribution is -2.29. The number of aromatic nitrogens is 3. The van der Waals surface area contributed by atoms with Crippen LogP contribution < -0.4 is 0 Å². The smallest absolute Gasteiger partial charge is 0.235 e. The maximum atomic E-state index is 14.4. The first-order chi connectivity index (χ1) is 13.5. The van der Waals surface area contributed by atoms with Gasteiger partial charge in [0.1, 0.15) is 5.82 Å². The summed E-state index contributed by atoms with van der Waals surface area (Å²) in [5.41, 5.74) is 1.57. The lowest BCUT2D eigenvalue weighted by atomic mass is 10.1. The number of amides is 1. The van der Waals surface area contributed by atoms with Crippen molar-refractivity contribution in [2.45, 2.75) is 30.3 Å². The zero-order valence-electron chi connectivity index (χ0n) is 16.2. The Morgan fingerprint density at radius 1 is 1.11 bits per heavy atom. The van der Waals surface area contributed by atoms with E-state index in [2.05, 4.69) is 22.3 Å². The van der Waals surface area contributed by atoms with E-state index in [0.29, 0.717) is 23.1 Å². The van der Waals surface area contributed by atoms with Crippen molar-refractivity contribution in [3.63, 3.8) is 0 Å². The Bertz CT molecular complexity index is 943. The summed E-state index contributed by atoms with van der Waals surface area (Å²) in [4.78, 5) is 13.8. The molecule has 0 unspecified atom stereocenters. The Labute approximate surface area is 168 Å². The molecule has 3 rings (SSSR count). The monoisotopic (exact) mass is 398 g/mol. The summed E-state index contributed by atoms with van der Waals surface area (Å²) in [5, 5.41) is 8.80. The number of halogens is 1. The number of benzene rings is 2. The third-order valence-corrected chi connectivity index (χ3v) is 5.44. The zero-order valence-corrected chi connectivity index (χ0v) is 17.0. The number of carbonyl (C=O) groups is 1. The molecule has 0 aliphatic heterocycles. The second-order valence-corrected chi connectivity index (χ2v) is 7.97. The second-order valence-electron chi connectivity index (χ2n) is 6.67. The van der Waals surface area contributed by atoms with Crippen LogP contribution in [0.25, 0.3) is 11.4 Å². The van der Waals surface area contributed by atoms with E-state index in [9.17, 15) is 9.18 Å². The van der Waals surface area contributed by atoms with E-state index < -0.39 is 0 Å². The molecule has 146 valence electrons. The van der Waals surface area contributed by atoms with Crippen LogP contribution in [0.1, 0.15) is 12.5 Å². The molecule has 0 aliphatic rings. The molecule has 0 radical (unpaired) electrons. The summed E-state index contributed by atoms with van der Waals surface area (Å²) < 4.78 is 16.3. The van der Waals surface area contributed by atoms with Crippen LogP contribution >= 0.6 is 11.8 Å². The van der Waals surface area contributed by atoms with Crippen LogP contribution in [0.3, 0.4) is 0 Å². The highest BCUT2D eigenvalue weighted by molar-refractivity contribution is 8.00. The first-order valence-corrected chi connectivity index (χ1v) is 9.95. The molecule has 5 nitrogen and oxygen atoms in total. The third-order valence-electron chi connectivity index (χ3n) is 4.37. The van der Waals surface area contributed by atoms with Crippen molar-refractivity contribution in [1.29, 1.82) is 0 Å². The molecule has 0 saturated heterocycles. The molecule has 1 atom stereocenters. The van der Waals surface area contributed by atoms with Crippen LogP contribution in [0.2, 0.25) is 0 Å². The number of hydrogen-bond acceptors (Lipinski definition) is 4. The van der Waals surface area contributed by atoms with Gasteiger partial charge in [0, 0.05) is 20.6 Å². The topological polar surface area (TPSA) is 51.0 Å². The molecule has 0 saturated carbocycles. The number of thioether (sulfide) groups is 1. The molecular formula is C21H23FN4OS. The van der Waals surface area contributed by atoms with Crippen LogP contribution in [0.4, 0.5) is 4.39 Å². The lowest BCUT2D eigenvalue weighted by Gasteiger charge is -2.17. The number of rotatable bonds is 7. The van der Waals surface area contributed by atoms with Crippen molar-refractivity contribution in [1.82, 2.24) is 19.7 Å². The normalized spacial score (nSPS) is 12.0. The Kier molecular flexibility index (Phi) is 6.46. The molecule has 1 heterocycles. The number of nitrogens with zero attached hydrogens (tertiary/aromatic N) is 4. The fourth-order valence-corrected chi connectivity index (χ4v) is 3.90. The summed E-state index contributed by atoms with van der Waals surface area (Å²) in [6.45, 7) is 2.43. The first kappa shape index (κ1) is 20.1. The Balaban J connectivity index is 1.93. The lowest BCUT2D eigenvalue weighted by molar-refractivity contribution is -0.127. The quantitative estimate of drug-likeness (QED) is 0.567. The Morgan fingerprint density at radius 3 is 2.46 bits per heavy atom. The molecule has 1 amide bonds. The standard InChI is InChI=1S/C21H23FN4OS/c1-15(20(27)25(2)3)28-21-24-23-19(17-11-7-8-12-18(17)22)26(21)14-13-16-9-5-4-6-10-16/h4-12,15H,13-14H2,1-3H3/t15-/m0/s1. The zero-order chi connectivity index (χ0) is 20.1. The van der Waals surface area contributed by atoms with Crippen LogP contribution in [-0.2, 0) is 17.8 Å². The van der Waals surface area contributed by atoms with Gasteiger partial charge in [0.25, 0.3) is 0 Å². The van der Waals surface area contributed by atoms with Crippen LogP contribution in [-0.4, -0.2) is 44.9 Å². The van der Waals surface area contributed by atoms with Gasteiger partial charge >= 0.3 is 0 Å². The Hall–Kier alpha value is -2.67. The maximum absolute atomic E-state index is 14.4. The van der Waals surface area contributed by atoms with E-state index in [1.54, 1.807) is 37.2 Å². The van der Waals surface area contributed by atoms with Gasteiger partial charge in [-0.1, -0.05) is 54.2 Å². The summed E-state index contributed by atoms with van der Waals surface area (Å²) in [6, 6.07) is 16.6. The van der Waals surface area contributed by atoms with Crippen molar-refractivity contribution in [3.8, 4) is 11.4 Å². The molecular weight excluding hydrogens is 375 g/mol. The van der Waals surface area contributed by atoms with E-state index >= 15 is 0 Å². The van der Waals surface area contributed by atoms with E-state index in [4.69, 9.17) is 0 Å². The molecule has 3 aromatic rings. The van der Waals surface area contributed by atoms with Crippen molar-refractivity contribution in [2.24, 2.45) is 0 Å². The second kappa shape index (κ2) is 9.01. The van der Waals surface area contributed by atoms with Crippen molar-refractivity contribution >= 4 is 17.7 Å². The fraction of sp³-hybridized carbons (Fsp3) is 0.286. The van der Waals surface area contributed by atoms with Gasteiger partial charge in [-0.05, 0) is 31.0 Å². The molecule has 0 N–H and O–H groups in total. The van der Waals surface area contributed by atoms with Gasteiger partial charge in [0.2, 0.25) is 5.91 Å². The van der Waals surface area contributed by atoms with Crippen LogP contribution in [0, 0.1) is 5.82 Å². The van der Waals surface area contributed by atoms with Gasteiger partial charge in [-0.15, -0.1) is 10.2 Å². The number of carbonyl (C=O) groups excluding carboxylic acids is 1. The molecule has 0 aliphatic carbocycles. The summed E-state index contributed by atoms with van der Waals surface area (Å²) in [6.07, 6.45) is 0.754. The summed E-state index contributed by atoms with van der Waals surface area (Å²) in [7, 11) is 3.45. The van der Waals surface area contributed by atoms with Crippen molar-refractivity contribution in [3.05, 3.63) is 66.0 Å². The van der Waals surface area contributed by atoms with Gasteiger partial charge in [-0.2, -0.15) is 0 Å². The van der Waals surface area contributed by atoms with Gasteiger partial charge in [0.05, 0.1) is 10.8 Å². The maximum Gasteiger partial charge on any atom is 0.235 e. The molecule has 0 bridgehead atoms. The molecule has 0 fully saturated rings. The predicted octanol–water partition coefficient (Wildman–Crippen LogP) is 3.90. The SMILES string of the molecule is C[C@H](Sc1nnc(-c2ccccc2F)n1CCc1ccccc1)C(=O)N(C)C. The summed E-state index contributed by atoms with van der Waals surface area (Å²) >= 11 is 1.34. The minimum atomic E-state index is -0.343. The molecule has 0 spiro atoms. The Morgan fingerprint density at radius 2 is 1.79 bits per heavy atom. The highest BCUT2D eigenvalue weighted by Gasteiger charge is 2.22. The average Bonchev–Trinajstić information content (AvgIpc) is 3.09. The molecule has 1 aromatic heterocycles. The molecule has 7 heteroatoms.